The maximum Gasteiger partial charge on any atom is 0.192 e. The van der Waals surface area contributed by atoms with E-state index in [-0.39, 0.29) is 5.78 Å². The van der Waals surface area contributed by atoms with E-state index >= 15 is 0 Å². The molecule has 0 amide bonds. The van der Waals surface area contributed by atoms with Crippen molar-refractivity contribution in [3.63, 3.8) is 0 Å². The van der Waals surface area contributed by atoms with Gasteiger partial charge in [0.05, 0.1) is 10.6 Å². The average Bonchev–Trinajstić information content (AvgIpc) is 3.36. The van der Waals surface area contributed by atoms with Crippen molar-refractivity contribution >= 4 is 51.5 Å². The largest absolute Gasteiger partial charge is 0.383 e. The molecule has 6 heteroatoms. The second kappa shape index (κ2) is 7.20. The van der Waals surface area contributed by atoms with Crippen LogP contribution < -0.4 is 4.90 Å². The SMILES string of the molecule is O=C1/C(=C\c2ccc(N3c4ccccc4Sc4cccnc43)s2)C(O)c2ccccc21. The third-order valence-corrected chi connectivity index (χ3v) is 7.60. The summed E-state index contributed by atoms with van der Waals surface area (Å²) in [5, 5.41) is 11.7. The van der Waals surface area contributed by atoms with Crippen LogP contribution in [0.3, 0.4) is 0 Å². The van der Waals surface area contributed by atoms with Crippen molar-refractivity contribution in [2.24, 2.45) is 0 Å². The number of carbonyl (C=O) groups excluding carboxylic acids is 1. The Morgan fingerprint density at radius 1 is 0.935 bits per heavy atom. The number of fused-ring (bicyclic) bond motifs is 3. The van der Waals surface area contributed by atoms with E-state index < -0.39 is 6.10 Å². The molecule has 31 heavy (non-hydrogen) atoms. The molecule has 1 aliphatic carbocycles. The molecule has 1 N–H and O–H groups in total. The molecule has 1 atom stereocenters. The molecule has 1 aliphatic heterocycles. The molecule has 2 aromatic carbocycles. The van der Waals surface area contributed by atoms with Crippen LogP contribution in [0.1, 0.15) is 26.9 Å². The van der Waals surface area contributed by atoms with Gasteiger partial charge in [0, 0.05) is 27.1 Å². The van der Waals surface area contributed by atoms with Crippen LogP contribution in [0.25, 0.3) is 6.08 Å². The average molecular weight is 441 g/mol. The van der Waals surface area contributed by atoms with Crippen molar-refractivity contribution in [3.8, 4) is 0 Å². The molecular formula is C25H16N2O2S2. The summed E-state index contributed by atoms with van der Waals surface area (Å²) in [6.45, 7) is 0. The summed E-state index contributed by atoms with van der Waals surface area (Å²) in [4.78, 5) is 22.8. The van der Waals surface area contributed by atoms with Crippen molar-refractivity contribution < 1.29 is 9.90 Å². The number of carbonyl (C=O) groups is 1. The van der Waals surface area contributed by atoms with Crippen LogP contribution in [0, 0.1) is 0 Å². The van der Waals surface area contributed by atoms with Gasteiger partial charge in [-0.2, -0.15) is 0 Å². The third-order valence-electron chi connectivity index (χ3n) is 5.48. The number of aliphatic hydroxyl groups excluding tert-OH is 1. The number of nitrogens with zero attached hydrogens (tertiary/aromatic N) is 2. The number of ketones is 1. The Labute approximate surface area is 187 Å². The predicted molar refractivity (Wildman–Crippen MR) is 125 cm³/mol. The highest BCUT2D eigenvalue weighted by Crippen LogP contribution is 2.51. The van der Waals surface area contributed by atoms with Crippen LogP contribution in [0.5, 0.6) is 0 Å². The van der Waals surface area contributed by atoms with Gasteiger partial charge in [-0.05, 0) is 48.0 Å². The number of hydrogen-bond acceptors (Lipinski definition) is 6. The maximum atomic E-state index is 12.8. The number of thiophene rings is 1. The van der Waals surface area contributed by atoms with Gasteiger partial charge < -0.3 is 5.11 Å². The zero-order valence-electron chi connectivity index (χ0n) is 16.2. The molecular weight excluding hydrogens is 424 g/mol. The van der Waals surface area contributed by atoms with Gasteiger partial charge in [-0.1, -0.05) is 48.2 Å². The lowest BCUT2D eigenvalue weighted by atomic mass is 10.1. The number of rotatable bonds is 2. The Hall–Kier alpha value is -3.19. The Kier molecular flexibility index (Phi) is 4.31. The first-order valence-corrected chi connectivity index (χ1v) is 11.5. The van der Waals surface area contributed by atoms with Crippen LogP contribution in [-0.2, 0) is 0 Å². The first kappa shape index (κ1) is 18.6. The third kappa shape index (κ3) is 2.95. The van der Waals surface area contributed by atoms with E-state index in [1.807, 2.05) is 60.8 Å². The van der Waals surface area contributed by atoms with Crippen molar-refractivity contribution in [2.75, 3.05) is 4.90 Å². The fourth-order valence-electron chi connectivity index (χ4n) is 4.04. The van der Waals surface area contributed by atoms with Gasteiger partial charge in [0.25, 0.3) is 0 Å². The molecule has 3 heterocycles. The van der Waals surface area contributed by atoms with Crippen LogP contribution in [0.4, 0.5) is 16.5 Å². The smallest absolute Gasteiger partial charge is 0.192 e. The molecule has 2 aliphatic rings. The normalized spacial score (nSPS) is 18.1. The van der Waals surface area contributed by atoms with Gasteiger partial charge in [-0.15, -0.1) is 11.3 Å². The summed E-state index contributed by atoms with van der Waals surface area (Å²) in [5.74, 6) is 0.793. The minimum atomic E-state index is -0.885. The summed E-state index contributed by atoms with van der Waals surface area (Å²) in [5.41, 5.74) is 2.76. The van der Waals surface area contributed by atoms with Crippen LogP contribution in [0.2, 0.25) is 0 Å². The van der Waals surface area contributed by atoms with Gasteiger partial charge in [0.1, 0.15) is 11.1 Å². The summed E-state index contributed by atoms with van der Waals surface area (Å²) in [7, 11) is 0. The molecule has 6 rings (SSSR count). The van der Waals surface area contributed by atoms with Gasteiger partial charge in [-0.3, -0.25) is 9.69 Å². The summed E-state index contributed by atoms with van der Waals surface area (Å²) >= 11 is 3.29. The second-order valence-electron chi connectivity index (χ2n) is 7.32. The van der Waals surface area contributed by atoms with E-state index in [2.05, 4.69) is 28.1 Å². The minimum Gasteiger partial charge on any atom is -0.383 e. The number of Topliss-reactive ketones (excluding diaryl/α,β-unsaturated/α-hetero) is 1. The Morgan fingerprint density at radius 3 is 2.65 bits per heavy atom. The number of hydrogen-bond donors (Lipinski definition) is 1. The van der Waals surface area contributed by atoms with E-state index in [9.17, 15) is 9.90 Å². The molecule has 4 nitrogen and oxygen atoms in total. The summed E-state index contributed by atoms with van der Waals surface area (Å²) in [6.07, 6.45) is 2.73. The number of aromatic nitrogens is 1. The highest BCUT2D eigenvalue weighted by Gasteiger charge is 2.33. The number of aliphatic hydroxyl groups is 1. The lowest BCUT2D eigenvalue weighted by Gasteiger charge is -2.30. The monoisotopic (exact) mass is 440 g/mol. The standard InChI is InChI=1S/C25H16N2O2S2/c28-23-16-6-1-2-7-17(16)24(29)18(23)14-15-11-12-22(30-15)27-19-8-3-4-9-20(19)31-21-10-5-13-26-25(21)27/h1-14,23,28H/b18-14-. The Bertz CT molecular complexity index is 1330. The van der Waals surface area contributed by atoms with Crippen molar-refractivity contribution in [1.29, 1.82) is 0 Å². The molecule has 0 spiro atoms. The predicted octanol–water partition coefficient (Wildman–Crippen LogP) is 6.39. The topological polar surface area (TPSA) is 53.4 Å². The fraction of sp³-hybridized carbons (Fsp3) is 0.0400. The lowest BCUT2D eigenvalue weighted by Crippen LogP contribution is -2.14. The minimum absolute atomic E-state index is 0.107. The van der Waals surface area contributed by atoms with E-state index in [4.69, 9.17) is 0 Å². The van der Waals surface area contributed by atoms with Crippen molar-refractivity contribution in [3.05, 3.63) is 101 Å². The van der Waals surface area contributed by atoms with Crippen LogP contribution in [-0.4, -0.2) is 15.9 Å². The number of anilines is 3. The van der Waals surface area contributed by atoms with E-state index in [1.165, 1.54) is 4.90 Å². The zero-order chi connectivity index (χ0) is 20.9. The van der Waals surface area contributed by atoms with Gasteiger partial charge in [0.2, 0.25) is 0 Å². The van der Waals surface area contributed by atoms with Crippen molar-refractivity contribution in [1.82, 2.24) is 4.98 Å². The van der Waals surface area contributed by atoms with Gasteiger partial charge in [0.15, 0.2) is 11.6 Å². The summed E-state index contributed by atoms with van der Waals surface area (Å²) < 4.78 is 0. The fourth-order valence-corrected chi connectivity index (χ4v) is 6.05. The highest BCUT2D eigenvalue weighted by atomic mass is 32.2. The van der Waals surface area contributed by atoms with Crippen LogP contribution >= 0.6 is 23.1 Å². The molecule has 0 radical (unpaired) electrons. The Morgan fingerprint density at radius 2 is 1.74 bits per heavy atom. The van der Waals surface area contributed by atoms with Gasteiger partial charge >= 0.3 is 0 Å². The molecule has 2 aromatic heterocycles. The van der Waals surface area contributed by atoms with Crippen LogP contribution in [0.15, 0.2) is 94.4 Å². The lowest BCUT2D eigenvalue weighted by molar-refractivity contribution is 0.102. The highest BCUT2D eigenvalue weighted by molar-refractivity contribution is 7.99. The van der Waals surface area contributed by atoms with E-state index in [0.29, 0.717) is 16.7 Å². The molecule has 0 bridgehead atoms. The van der Waals surface area contributed by atoms with E-state index in [1.54, 1.807) is 29.2 Å². The molecule has 150 valence electrons. The first-order valence-electron chi connectivity index (χ1n) is 9.86. The molecule has 0 saturated heterocycles. The number of benzene rings is 2. The number of pyridine rings is 1. The maximum absolute atomic E-state index is 12.8. The number of para-hydroxylation sites is 1. The molecule has 1 unspecified atom stereocenters. The first-order chi connectivity index (χ1) is 15.2. The summed E-state index contributed by atoms with van der Waals surface area (Å²) in [6, 6.07) is 23.6. The quantitative estimate of drug-likeness (QED) is 0.322. The molecule has 4 aromatic rings. The Balaban J connectivity index is 1.42. The van der Waals surface area contributed by atoms with Gasteiger partial charge in [-0.25, -0.2) is 4.98 Å². The second-order valence-corrected chi connectivity index (χ2v) is 9.50. The van der Waals surface area contributed by atoms with E-state index in [0.717, 1.165) is 26.3 Å². The molecule has 0 saturated carbocycles. The van der Waals surface area contributed by atoms with Crippen molar-refractivity contribution in [2.45, 2.75) is 15.9 Å². The molecule has 0 fully saturated rings. The zero-order valence-corrected chi connectivity index (χ0v) is 17.9.